The van der Waals surface area contributed by atoms with Gasteiger partial charge in [0.1, 0.15) is 12.4 Å². The second-order valence-corrected chi connectivity index (χ2v) is 9.05. The van der Waals surface area contributed by atoms with Gasteiger partial charge in [0, 0.05) is 10.6 Å². The molecular formula is C25H21ClFNO4S. The predicted molar refractivity (Wildman–Crippen MR) is 126 cm³/mol. The van der Waals surface area contributed by atoms with E-state index >= 15 is 0 Å². The summed E-state index contributed by atoms with van der Waals surface area (Å²) in [4.78, 5) is 26.5. The van der Waals surface area contributed by atoms with Gasteiger partial charge in [-0.3, -0.25) is 14.5 Å². The van der Waals surface area contributed by atoms with Gasteiger partial charge in [-0.15, -0.1) is 0 Å². The molecule has 1 heterocycles. The molecule has 1 aliphatic heterocycles. The van der Waals surface area contributed by atoms with Crippen molar-refractivity contribution in [2.24, 2.45) is 0 Å². The van der Waals surface area contributed by atoms with Crippen molar-refractivity contribution in [2.75, 3.05) is 7.11 Å². The highest BCUT2D eigenvalue weighted by atomic mass is 35.5. The van der Waals surface area contributed by atoms with Crippen LogP contribution in [0.4, 0.5) is 9.18 Å². The second-order valence-electron chi connectivity index (χ2n) is 7.49. The van der Waals surface area contributed by atoms with Gasteiger partial charge in [-0.2, -0.15) is 0 Å². The van der Waals surface area contributed by atoms with Crippen LogP contribution in [0.1, 0.15) is 16.7 Å². The summed E-state index contributed by atoms with van der Waals surface area (Å²) in [6, 6.07) is 18.6. The Morgan fingerprint density at radius 1 is 1.00 bits per heavy atom. The maximum absolute atomic E-state index is 13.1. The minimum Gasteiger partial charge on any atom is -0.493 e. The van der Waals surface area contributed by atoms with E-state index in [4.69, 9.17) is 21.1 Å². The lowest BCUT2D eigenvalue weighted by Crippen LogP contribution is -2.31. The lowest BCUT2D eigenvalue weighted by Gasteiger charge is -2.15. The highest BCUT2D eigenvalue weighted by Gasteiger charge is 2.39. The van der Waals surface area contributed by atoms with E-state index in [0.717, 1.165) is 22.9 Å². The molecule has 33 heavy (non-hydrogen) atoms. The number of methoxy groups -OCH3 is 1. The van der Waals surface area contributed by atoms with E-state index in [1.54, 1.807) is 31.4 Å². The molecule has 0 aromatic heterocycles. The van der Waals surface area contributed by atoms with E-state index in [0.29, 0.717) is 35.1 Å². The summed E-state index contributed by atoms with van der Waals surface area (Å²) in [7, 11) is 1.55. The minimum atomic E-state index is -0.530. The third-order valence-corrected chi connectivity index (χ3v) is 6.69. The fourth-order valence-corrected chi connectivity index (χ4v) is 4.71. The summed E-state index contributed by atoms with van der Waals surface area (Å²) in [6.07, 6.45) is 0.371. The molecule has 1 aliphatic rings. The maximum atomic E-state index is 13.1. The van der Waals surface area contributed by atoms with E-state index < -0.39 is 5.25 Å². The molecule has 1 fully saturated rings. The molecule has 170 valence electrons. The molecular weight excluding hydrogens is 465 g/mol. The lowest BCUT2D eigenvalue weighted by atomic mass is 10.1. The number of halogens is 2. The van der Waals surface area contributed by atoms with Crippen LogP contribution in [0.25, 0.3) is 0 Å². The Labute approximate surface area is 200 Å². The van der Waals surface area contributed by atoms with Gasteiger partial charge in [0.25, 0.3) is 5.24 Å². The van der Waals surface area contributed by atoms with Crippen molar-refractivity contribution < 1.29 is 23.5 Å². The quantitative estimate of drug-likeness (QED) is 0.399. The Hall–Kier alpha value is -3.03. The first-order valence-electron chi connectivity index (χ1n) is 10.2. The third kappa shape index (κ3) is 5.49. The lowest BCUT2D eigenvalue weighted by molar-refractivity contribution is -0.127. The number of amides is 2. The fraction of sp³-hybridized carbons (Fsp3) is 0.200. The van der Waals surface area contributed by atoms with Gasteiger partial charge in [-0.05, 0) is 47.9 Å². The Bertz CT molecular complexity index is 1170. The monoisotopic (exact) mass is 485 g/mol. The van der Waals surface area contributed by atoms with E-state index in [-0.39, 0.29) is 23.5 Å². The van der Waals surface area contributed by atoms with Crippen molar-refractivity contribution in [2.45, 2.75) is 24.8 Å². The molecule has 0 unspecified atom stereocenters. The number of nitrogens with zero attached hydrogens (tertiary/aromatic N) is 1. The number of rotatable bonds is 8. The molecule has 8 heteroatoms. The van der Waals surface area contributed by atoms with Gasteiger partial charge in [0.2, 0.25) is 5.91 Å². The first-order valence-corrected chi connectivity index (χ1v) is 11.5. The molecule has 1 saturated heterocycles. The molecule has 5 nitrogen and oxygen atoms in total. The second kappa shape index (κ2) is 10.3. The minimum absolute atomic E-state index is 0.125. The number of ether oxygens (including phenoxy) is 2. The smallest absolute Gasteiger partial charge is 0.289 e. The predicted octanol–water partition coefficient (Wildman–Crippen LogP) is 5.87. The zero-order valence-corrected chi connectivity index (χ0v) is 19.4. The van der Waals surface area contributed by atoms with Crippen LogP contribution in [-0.2, 0) is 24.4 Å². The van der Waals surface area contributed by atoms with Gasteiger partial charge in [-0.1, -0.05) is 59.8 Å². The molecule has 3 aromatic rings. The summed E-state index contributed by atoms with van der Waals surface area (Å²) in [5.74, 6) is 0.468. The molecule has 0 aliphatic carbocycles. The van der Waals surface area contributed by atoms with Crippen molar-refractivity contribution in [1.29, 1.82) is 0 Å². The summed E-state index contributed by atoms with van der Waals surface area (Å²) in [5, 5.41) is -0.210. The number of hydrogen-bond donors (Lipinski definition) is 0. The SMILES string of the molecule is COc1cc(C[C@@H]2SC(=O)N(Cc3ccc(F)cc3)C2=O)ccc1OCc1ccccc1Cl. The maximum Gasteiger partial charge on any atom is 0.289 e. The van der Waals surface area contributed by atoms with Crippen LogP contribution in [-0.4, -0.2) is 28.4 Å². The molecule has 0 radical (unpaired) electrons. The van der Waals surface area contributed by atoms with E-state index in [1.165, 1.54) is 17.0 Å². The first kappa shape index (κ1) is 23.1. The van der Waals surface area contributed by atoms with Crippen LogP contribution in [0, 0.1) is 5.82 Å². The van der Waals surface area contributed by atoms with Crippen LogP contribution in [0.15, 0.2) is 66.7 Å². The van der Waals surface area contributed by atoms with Gasteiger partial charge in [0.15, 0.2) is 11.5 Å². The molecule has 0 bridgehead atoms. The van der Waals surface area contributed by atoms with Crippen molar-refractivity contribution in [3.63, 3.8) is 0 Å². The van der Waals surface area contributed by atoms with Crippen LogP contribution in [0.3, 0.4) is 0 Å². The van der Waals surface area contributed by atoms with E-state index in [9.17, 15) is 14.0 Å². The summed E-state index contributed by atoms with van der Waals surface area (Å²) in [6.45, 7) is 0.415. The molecule has 3 aromatic carbocycles. The zero-order valence-electron chi connectivity index (χ0n) is 17.8. The Balaban J connectivity index is 1.42. The van der Waals surface area contributed by atoms with Crippen LogP contribution in [0.5, 0.6) is 11.5 Å². The molecule has 2 amide bonds. The topological polar surface area (TPSA) is 55.8 Å². The first-order chi connectivity index (χ1) is 15.9. The Kier molecular flexibility index (Phi) is 7.20. The van der Waals surface area contributed by atoms with Crippen LogP contribution in [0.2, 0.25) is 5.02 Å². The number of benzene rings is 3. The van der Waals surface area contributed by atoms with E-state index in [2.05, 4.69) is 0 Å². The zero-order chi connectivity index (χ0) is 23.4. The Morgan fingerprint density at radius 2 is 1.73 bits per heavy atom. The summed E-state index contributed by atoms with van der Waals surface area (Å²) in [5.41, 5.74) is 2.40. The summed E-state index contributed by atoms with van der Waals surface area (Å²) >= 11 is 7.19. The molecule has 0 spiro atoms. The third-order valence-electron chi connectivity index (χ3n) is 5.25. The largest absolute Gasteiger partial charge is 0.493 e. The number of hydrogen-bond acceptors (Lipinski definition) is 5. The van der Waals surface area contributed by atoms with Crippen LogP contribution < -0.4 is 9.47 Å². The highest BCUT2D eigenvalue weighted by Crippen LogP contribution is 2.34. The highest BCUT2D eigenvalue weighted by molar-refractivity contribution is 8.15. The number of imide groups is 1. The van der Waals surface area contributed by atoms with E-state index in [1.807, 2.05) is 30.3 Å². The average Bonchev–Trinajstić information content (AvgIpc) is 3.07. The van der Waals surface area contributed by atoms with Crippen molar-refractivity contribution in [3.8, 4) is 11.5 Å². The van der Waals surface area contributed by atoms with Crippen molar-refractivity contribution in [1.82, 2.24) is 4.90 Å². The number of carbonyl (C=O) groups excluding carboxylic acids is 2. The van der Waals surface area contributed by atoms with Crippen LogP contribution >= 0.6 is 23.4 Å². The Morgan fingerprint density at radius 3 is 2.45 bits per heavy atom. The molecule has 0 N–H and O–H groups in total. The number of carbonyl (C=O) groups is 2. The summed E-state index contributed by atoms with van der Waals surface area (Å²) < 4.78 is 24.5. The molecule has 1 atom stereocenters. The average molecular weight is 486 g/mol. The van der Waals surface area contributed by atoms with Gasteiger partial charge < -0.3 is 9.47 Å². The molecule has 4 rings (SSSR count). The van der Waals surface area contributed by atoms with Crippen molar-refractivity contribution >= 4 is 34.5 Å². The molecule has 0 saturated carbocycles. The van der Waals surface area contributed by atoms with Gasteiger partial charge in [-0.25, -0.2) is 4.39 Å². The number of thioether (sulfide) groups is 1. The van der Waals surface area contributed by atoms with Crippen molar-refractivity contribution in [3.05, 3.63) is 94.3 Å². The van der Waals surface area contributed by atoms with Gasteiger partial charge >= 0.3 is 0 Å². The normalized spacial score (nSPS) is 15.7. The standard InChI is InChI=1S/C25H21ClFNO4S/c1-31-22-12-17(8-11-21(22)32-15-18-4-2-3-5-20(18)26)13-23-24(29)28(25(30)33-23)14-16-6-9-19(27)10-7-16/h2-12,23H,13-15H2,1H3/t23-/m0/s1. The van der Waals surface area contributed by atoms with Gasteiger partial charge in [0.05, 0.1) is 18.9 Å². The fourth-order valence-electron chi connectivity index (χ4n) is 3.49.